The quantitative estimate of drug-likeness (QED) is 0.541. The molecule has 0 aliphatic carbocycles. The van der Waals surface area contributed by atoms with Crippen molar-refractivity contribution in [2.24, 2.45) is 0 Å². The second kappa shape index (κ2) is 7.73. The van der Waals surface area contributed by atoms with Crippen molar-refractivity contribution < 1.29 is 9.18 Å². The smallest absolute Gasteiger partial charge is 0.268 e. The first-order valence-corrected chi connectivity index (χ1v) is 9.35. The highest BCUT2D eigenvalue weighted by Crippen LogP contribution is 2.15. The molecule has 2 aromatic carbocycles. The Morgan fingerprint density at radius 2 is 1.93 bits per heavy atom. The summed E-state index contributed by atoms with van der Waals surface area (Å²) in [5.74, 6) is -0.565. The van der Waals surface area contributed by atoms with Gasteiger partial charge in [-0.15, -0.1) is 5.10 Å². The minimum absolute atomic E-state index is 0.0398. The van der Waals surface area contributed by atoms with Crippen LogP contribution in [0.2, 0.25) is 0 Å². The molecule has 1 amide bonds. The molecule has 9 heteroatoms. The summed E-state index contributed by atoms with van der Waals surface area (Å²) >= 11 is 1.26. The first kappa shape index (κ1) is 18.1. The Kier molecular flexibility index (Phi) is 4.98. The summed E-state index contributed by atoms with van der Waals surface area (Å²) in [5, 5.41) is 11.4. The Morgan fingerprint density at radius 1 is 1.14 bits per heavy atom. The highest BCUT2D eigenvalue weighted by molar-refractivity contribution is 7.13. The third-order valence-corrected chi connectivity index (χ3v) is 5.22. The molecule has 2 aromatic heterocycles. The normalized spacial score (nSPS) is 11.0. The molecular weight excluding hydrogens is 381 g/mol. The lowest BCUT2D eigenvalue weighted by Gasteiger charge is -2.03. The summed E-state index contributed by atoms with van der Waals surface area (Å²) in [6.07, 6.45) is 1.72. The van der Waals surface area contributed by atoms with Crippen molar-refractivity contribution in [3.8, 4) is 0 Å². The Labute approximate surface area is 163 Å². The SMILES string of the molecule is O=C(Cn1sc2ccccc2c1=O)NCc1cn(Cc2ccc(F)cc2)nn1. The number of nitrogens with zero attached hydrogens (tertiary/aromatic N) is 4. The van der Waals surface area contributed by atoms with E-state index in [0.717, 1.165) is 10.3 Å². The Balaban J connectivity index is 1.34. The summed E-state index contributed by atoms with van der Waals surface area (Å²) in [6, 6.07) is 13.4. The molecule has 0 unspecified atom stereocenters. The van der Waals surface area contributed by atoms with E-state index in [0.29, 0.717) is 17.6 Å². The predicted molar refractivity (Wildman–Crippen MR) is 103 cm³/mol. The summed E-state index contributed by atoms with van der Waals surface area (Å²) in [7, 11) is 0. The number of carbonyl (C=O) groups is 1. The average molecular weight is 397 g/mol. The number of aromatic nitrogens is 4. The molecule has 0 aliphatic heterocycles. The molecule has 0 radical (unpaired) electrons. The molecule has 0 saturated heterocycles. The molecule has 28 heavy (non-hydrogen) atoms. The monoisotopic (exact) mass is 397 g/mol. The number of hydrogen-bond donors (Lipinski definition) is 1. The summed E-state index contributed by atoms with van der Waals surface area (Å²) in [6.45, 7) is 0.627. The minimum atomic E-state index is -0.288. The van der Waals surface area contributed by atoms with E-state index in [-0.39, 0.29) is 30.4 Å². The van der Waals surface area contributed by atoms with Crippen molar-refractivity contribution >= 4 is 27.5 Å². The Hall–Kier alpha value is -3.33. The number of amides is 1. The second-order valence-electron chi connectivity index (χ2n) is 6.24. The zero-order valence-corrected chi connectivity index (χ0v) is 15.5. The van der Waals surface area contributed by atoms with Crippen LogP contribution in [0.15, 0.2) is 59.5 Å². The van der Waals surface area contributed by atoms with E-state index < -0.39 is 0 Å². The lowest BCUT2D eigenvalue weighted by Crippen LogP contribution is -2.29. The molecule has 142 valence electrons. The van der Waals surface area contributed by atoms with Gasteiger partial charge in [0.25, 0.3) is 5.56 Å². The van der Waals surface area contributed by atoms with E-state index >= 15 is 0 Å². The standard InChI is InChI=1S/C19H16FN5O2S/c20-14-7-5-13(6-8-14)10-24-11-15(22-23-24)9-21-18(26)12-25-19(27)16-3-1-2-4-17(16)28-25/h1-8,11H,9-10,12H2,(H,21,26). The third-order valence-electron chi connectivity index (χ3n) is 4.15. The summed E-state index contributed by atoms with van der Waals surface area (Å²) in [4.78, 5) is 24.5. The first-order chi connectivity index (χ1) is 13.6. The van der Waals surface area contributed by atoms with Gasteiger partial charge in [-0.25, -0.2) is 9.07 Å². The van der Waals surface area contributed by atoms with Gasteiger partial charge in [-0.2, -0.15) is 0 Å². The van der Waals surface area contributed by atoms with Gasteiger partial charge in [0.2, 0.25) is 5.91 Å². The molecular formula is C19H16FN5O2S. The number of halogens is 1. The van der Waals surface area contributed by atoms with Crippen LogP contribution in [0, 0.1) is 5.82 Å². The van der Waals surface area contributed by atoms with Gasteiger partial charge in [-0.05, 0) is 29.8 Å². The van der Waals surface area contributed by atoms with Gasteiger partial charge in [0.15, 0.2) is 0 Å². The van der Waals surface area contributed by atoms with Crippen LogP contribution >= 0.6 is 11.5 Å². The van der Waals surface area contributed by atoms with E-state index in [4.69, 9.17) is 0 Å². The van der Waals surface area contributed by atoms with Crippen LogP contribution in [-0.4, -0.2) is 24.9 Å². The average Bonchev–Trinajstić information content (AvgIpc) is 3.27. The number of nitrogens with one attached hydrogen (secondary N) is 1. The van der Waals surface area contributed by atoms with E-state index in [1.165, 1.54) is 27.6 Å². The second-order valence-corrected chi connectivity index (χ2v) is 7.30. The highest BCUT2D eigenvalue weighted by Gasteiger charge is 2.11. The molecule has 0 atom stereocenters. The Bertz CT molecular complexity index is 1180. The number of benzene rings is 2. The van der Waals surface area contributed by atoms with Crippen LogP contribution in [0.3, 0.4) is 0 Å². The lowest BCUT2D eigenvalue weighted by molar-refractivity contribution is -0.121. The van der Waals surface area contributed by atoms with Gasteiger partial charge >= 0.3 is 0 Å². The predicted octanol–water partition coefficient (Wildman–Crippen LogP) is 2.16. The lowest BCUT2D eigenvalue weighted by atomic mass is 10.2. The molecule has 0 saturated carbocycles. The van der Waals surface area contributed by atoms with Gasteiger partial charge in [0.05, 0.1) is 29.4 Å². The van der Waals surface area contributed by atoms with Crippen LogP contribution < -0.4 is 10.9 Å². The fourth-order valence-corrected chi connectivity index (χ4v) is 3.76. The fourth-order valence-electron chi connectivity index (χ4n) is 2.77. The number of carbonyl (C=O) groups excluding carboxylic acids is 1. The van der Waals surface area contributed by atoms with Crippen LogP contribution in [0.25, 0.3) is 10.1 Å². The number of rotatable bonds is 6. The molecule has 2 heterocycles. The zero-order valence-electron chi connectivity index (χ0n) is 14.7. The number of fused-ring (bicyclic) bond motifs is 1. The van der Waals surface area contributed by atoms with Crippen LogP contribution in [0.1, 0.15) is 11.3 Å². The molecule has 0 fully saturated rings. The van der Waals surface area contributed by atoms with Gasteiger partial charge in [-0.1, -0.05) is 41.0 Å². The summed E-state index contributed by atoms with van der Waals surface area (Å²) < 4.78 is 16.9. The topological polar surface area (TPSA) is 81.8 Å². The maximum absolute atomic E-state index is 13.0. The maximum atomic E-state index is 13.0. The van der Waals surface area contributed by atoms with Crippen molar-refractivity contribution in [1.29, 1.82) is 0 Å². The molecule has 0 bridgehead atoms. The molecule has 0 spiro atoms. The maximum Gasteiger partial charge on any atom is 0.268 e. The largest absolute Gasteiger partial charge is 0.349 e. The van der Waals surface area contributed by atoms with Crippen molar-refractivity contribution in [3.05, 3.63) is 82.2 Å². The highest BCUT2D eigenvalue weighted by atomic mass is 32.1. The van der Waals surface area contributed by atoms with Crippen molar-refractivity contribution in [1.82, 2.24) is 24.3 Å². The minimum Gasteiger partial charge on any atom is -0.349 e. The van der Waals surface area contributed by atoms with Crippen LogP contribution in [0.5, 0.6) is 0 Å². The third kappa shape index (κ3) is 3.99. The molecule has 4 rings (SSSR count). The summed E-state index contributed by atoms with van der Waals surface area (Å²) in [5.41, 5.74) is 1.33. The number of hydrogen-bond acceptors (Lipinski definition) is 5. The van der Waals surface area contributed by atoms with E-state index in [9.17, 15) is 14.0 Å². The molecule has 1 N–H and O–H groups in total. The van der Waals surface area contributed by atoms with E-state index in [1.807, 2.05) is 12.1 Å². The van der Waals surface area contributed by atoms with Crippen LogP contribution in [-0.2, 0) is 24.4 Å². The van der Waals surface area contributed by atoms with Crippen molar-refractivity contribution in [2.75, 3.05) is 0 Å². The van der Waals surface area contributed by atoms with Gasteiger partial charge in [0.1, 0.15) is 18.1 Å². The molecule has 4 aromatic rings. The van der Waals surface area contributed by atoms with Gasteiger partial charge in [-0.3, -0.25) is 13.5 Å². The van der Waals surface area contributed by atoms with Gasteiger partial charge in [0, 0.05) is 0 Å². The van der Waals surface area contributed by atoms with Crippen LogP contribution in [0.4, 0.5) is 4.39 Å². The van der Waals surface area contributed by atoms with Crippen molar-refractivity contribution in [3.63, 3.8) is 0 Å². The molecule has 7 nitrogen and oxygen atoms in total. The fraction of sp³-hybridized carbons (Fsp3) is 0.158. The van der Waals surface area contributed by atoms with Crippen molar-refractivity contribution in [2.45, 2.75) is 19.6 Å². The first-order valence-electron chi connectivity index (χ1n) is 8.57. The van der Waals surface area contributed by atoms with E-state index in [1.54, 1.807) is 35.1 Å². The Morgan fingerprint density at radius 3 is 2.71 bits per heavy atom. The zero-order chi connectivity index (χ0) is 19.5. The van der Waals surface area contributed by atoms with E-state index in [2.05, 4.69) is 15.6 Å². The molecule has 0 aliphatic rings. The van der Waals surface area contributed by atoms with Gasteiger partial charge < -0.3 is 5.32 Å².